The van der Waals surface area contributed by atoms with Gasteiger partial charge in [-0.2, -0.15) is 23.4 Å². The zero-order valence-corrected chi connectivity index (χ0v) is 13.3. The molecule has 1 aliphatic carbocycles. The molecule has 1 aliphatic rings. The summed E-state index contributed by atoms with van der Waals surface area (Å²) in [7, 11) is 1.46. The lowest BCUT2D eigenvalue weighted by Gasteiger charge is -2.29. The molecule has 0 aliphatic heterocycles. The SMILES string of the molecule is CC.Cn1nc(C(F)(F)F)cc1-c1cnn(CC2CC(F)C2)c1. The molecule has 8 heteroatoms. The maximum atomic E-state index is 12.8. The Bertz CT molecular complexity index is 638. The van der Waals surface area contributed by atoms with Crippen LogP contribution in [-0.4, -0.2) is 25.7 Å². The Morgan fingerprint density at radius 3 is 2.43 bits per heavy atom. The van der Waals surface area contributed by atoms with E-state index < -0.39 is 18.0 Å². The molecular weight excluding hydrogens is 312 g/mol. The fraction of sp³-hybridized carbons (Fsp3) is 0.600. The van der Waals surface area contributed by atoms with Crippen LogP contribution in [0.4, 0.5) is 17.6 Å². The van der Waals surface area contributed by atoms with E-state index in [0.29, 0.717) is 30.6 Å². The van der Waals surface area contributed by atoms with Crippen LogP contribution in [0.1, 0.15) is 32.4 Å². The Morgan fingerprint density at radius 1 is 1.26 bits per heavy atom. The summed E-state index contributed by atoms with van der Waals surface area (Å²) in [6.45, 7) is 4.59. The van der Waals surface area contributed by atoms with E-state index in [-0.39, 0.29) is 5.92 Å². The number of nitrogens with zero attached hydrogens (tertiary/aromatic N) is 4. The highest BCUT2D eigenvalue weighted by Crippen LogP contribution is 2.33. The first-order valence-electron chi connectivity index (χ1n) is 7.61. The second-order valence-electron chi connectivity index (χ2n) is 5.42. The first-order chi connectivity index (χ1) is 10.8. The zero-order chi connectivity index (χ0) is 17.2. The van der Waals surface area contributed by atoms with E-state index in [1.165, 1.54) is 17.9 Å². The highest BCUT2D eigenvalue weighted by Gasteiger charge is 2.35. The van der Waals surface area contributed by atoms with Crippen molar-refractivity contribution in [2.45, 2.75) is 45.6 Å². The quantitative estimate of drug-likeness (QED) is 0.794. The van der Waals surface area contributed by atoms with E-state index in [2.05, 4.69) is 10.2 Å². The number of hydrogen-bond acceptors (Lipinski definition) is 2. The van der Waals surface area contributed by atoms with Crippen molar-refractivity contribution in [3.05, 3.63) is 24.2 Å². The van der Waals surface area contributed by atoms with Gasteiger partial charge in [-0.15, -0.1) is 0 Å². The highest BCUT2D eigenvalue weighted by atomic mass is 19.4. The normalized spacial score (nSPS) is 20.7. The Hall–Kier alpha value is -1.86. The summed E-state index contributed by atoms with van der Waals surface area (Å²) in [5.41, 5.74) is -0.00538. The Morgan fingerprint density at radius 2 is 1.91 bits per heavy atom. The first kappa shape index (κ1) is 17.5. The van der Waals surface area contributed by atoms with Gasteiger partial charge in [0.25, 0.3) is 0 Å². The van der Waals surface area contributed by atoms with Gasteiger partial charge in [-0.3, -0.25) is 9.36 Å². The molecule has 0 radical (unpaired) electrons. The summed E-state index contributed by atoms with van der Waals surface area (Å²) in [6, 6.07) is 1.00. The predicted octanol–water partition coefficient (Wildman–Crippen LogP) is 4.08. The molecule has 23 heavy (non-hydrogen) atoms. The number of halogens is 4. The van der Waals surface area contributed by atoms with Gasteiger partial charge in [-0.1, -0.05) is 13.8 Å². The first-order valence-corrected chi connectivity index (χ1v) is 7.61. The van der Waals surface area contributed by atoms with Crippen molar-refractivity contribution in [1.82, 2.24) is 19.6 Å². The molecule has 0 amide bonds. The van der Waals surface area contributed by atoms with Crippen LogP contribution in [0.25, 0.3) is 11.3 Å². The van der Waals surface area contributed by atoms with Gasteiger partial charge in [-0.05, 0) is 24.8 Å². The smallest absolute Gasteiger partial charge is 0.272 e. The van der Waals surface area contributed by atoms with Crippen molar-refractivity contribution in [3.8, 4) is 11.3 Å². The third-order valence-electron chi connectivity index (χ3n) is 3.72. The van der Waals surface area contributed by atoms with Crippen LogP contribution in [0.2, 0.25) is 0 Å². The summed E-state index contributed by atoms with van der Waals surface area (Å²) in [6.07, 6.45) is -0.964. The average Bonchev–Trinajstić information content (AvgIpc) is 3.05. The van der Waals surface area contributed by atoms with Crippen molar-refractivity contribution in [1.29, 1.82) is 0 Å². The van der Waals surface area contributed by atoms with Gasteiger partial charge in [0, 0.05) is 25.4 Å². The monoisotopic (exact) mass is 332 g/mol. The Labute approximate surface area is 132 Å². The lowest BCUT2D eigenvalue weighted by atomic mass is 9.83. The molecule has 128 valence electrons. The number of hydrogen-bond donors (Lipinski definition) is 0. The minimum Gasteiger partial charge on any atom is -0.272 e. The van der Waals surface area contributed by atoms with Crippen molar-refractivity contribution in [3.63, 3.8) is 0 Å². The van der Waals surface area contributed by atoms with Crippen molar-refractivity contribution >= 4 is 0 Å². The maximum absolute atomic E-state index is 12.8. The van der Waals surface area contributed by atoms with Gasteiger partial charge >= 0.3 is 6.18 Å². The second-order valence-corrected chi connectivity index (χ2v) is 5.42. The number of rotatable bonds is 3. The van der Waals surface area contributed by atoms with Gasteiger partial charge in [-0.25, -0.2) is 4.39 Å². The summed E-state index contributed by atoms with van der Waals surface area (Å²) in [4.78, 5) is 0. The van der Waals surface area contributed by atoms with E-state index >= 15 is 0 Å². The van der Waals surface area contributed by atoms with Gasteiger partial charge in [0.1, 0.15) is 6.17 Å². The van der Waals surface area contributed by atoms with Crippen LogP contribution in [0.3, 0.4) is 0 Å². The third-order valence-corrected chi connectivity index (χ3v) is 3.72. The lowest BCUT2D eigenvalue weighted by molar-refractivity contribution is -0.141. The molecule has 1 saturated carbocycles. The van der Waals surface area contributed by atoms with E-state index in [9.17, 15) is 17.6 Å². The Kier molecular flexibility index (Phi) is 5.11. The predicted molar refractivity (Wildman–Crippen MR) is 78.4 cm³/mol. The summed E-state index contributed by atoms with van der Waals surface area (Å²) in [5, 5.41) is 7.59. The average molecular weight is 332 g/mol. The van der Waals surface area contributed by atoms with Crippen molar-refractivity contribution in [2.24, 2.45) is 13.0 Å². The fourth-order valence-corrected chi connectivity index (χ4v) is 2.54. The Balaban J connectivity index is 0.000000924. The molecule has 2 aromatic rings. The van der Waals surface area contributed by atoms with Crippen LogP contribution in [0, 0.1) is 5.92 Å². The van der Waals surface area contributed by atoms with E-state index in [1.807, 2.05) is 13.8 Å². The molecule has 0 atom stereocenters. The standard InChI is InChI=1S/C13H14F4N4.C2H6/c1-20-11(4-12(19-20)13(15,16)17)9-5-18-21(7-9)6-8-2-10(14)3-8;1-2/h4-5,7-8,10H,2-3,6H2,1H3;1-2H3. The minimum absolute atomic E-state index is 0.255. The van der Waals surface area contributed by atoms with Crippen LogP contribution in [-0.2, 0) is 19.8 Å². The van der Waals surface area contributed by atoms with Crippen LogP contribution in [0.5, 0.6) is 0 Å². The molecule has 2 heterocycles. The van der Waals surface area contributed by atoms with E-state index in [0.717, 1.165) is 6.07 Å². The van der Waals surface area contributed by atoms with Gasteiger partial charge in [0.15, 0.2) is 5.69 Å². The van der Waals surface area contributed by atoms with Crippen LogP contribution < -0.4 is 0 Å². The molecule has 4 nitrogen and oxygen atoms in total. The molecule has 0 unspecified atom stereocenters. The molecule has 1 fully saturated rings. The molecule has 3 rings (SSSR count). The van der Waals surface area contributed by atoms with Crippen molar-refractivity contribution in [2.75, 3.05) is 0 Å². The van der Waals surface area contributed by atoms with Crippen LogP contribution >= 0.6 is 0 Å². The zero-order valence-electron chi connectivity index (χ0n) is 13.3. The van der Waals surface area contributed by atoms with Crippen LogP contribution in [0.15, 0.2) is 18.5 Å². The molecule has 0 saturated heterocycles. The summed E-state index contributed by atoms with van der Waals surface area (Å²) >= 11 is 0. The van der Waals surface area contributed by atoms with Gasteiger partial charge in [0.05, 0.1) is 11.9 Å². The molecule has 2 aromatic heterocycles. The van der Waals surface area contributed by atoms with Gasteiger partial charge in [0.2, 0.25) is 0 Å². The molecule has 0 bridgehead atoms. The van der Waals surface area contributed by atoms with E-state index in [1.54, 1.807) is 10.9 Å². The third kappa shape index (κ3) is 3.92. The maximum Gasteiger partial charge on any atom is 0.435 e. The molecule has 0 spiro atoms. The van der Waals surface area contributed by atoms with Crippen molar-refractivity contribution < 1.29 is 17.6 Å². The molecular formula is C15H20F4N4. The topological polar surface area (TPSA) is 35.6 Å². The summed E-state index contributed by atoms with van der Waals surface area (Å²) in [5.74, 6) is 0.255. The highest BCUT2D eigenvalue weighted by molar-refractivity contribution is 5.58. The number of aryl methyl sites for hydroxylation is 1. The van der Waals surface area contributed by atoms with E-state index in [4.69, 9.17) is 0 Å². The summed E-state index contributed by atoms with van der Waals surface area (Å²) < 4.78 is 53.5. The minimum atomic E-state index is -4.46. The van der Waals surface area contributed by atoms with Gasteiger partial charge < -0.3 is 0 Å². The largest absolute Gasteiger partial charge is 0.435 e. The number of alkyl halides is 4. The number of aromatic nitrogens is 4. The lowest BCUT2D eigenvalue weighted by Crippen LogP contribution is -2.28. The second kappa shape index (κ2) is 6.72. The molecule has 0 N–H and O–H groups in total. The molecule has 0 aromatic carbocycles. The fourth-order valence-electron chi connectivity index (χ4n) is 2.54.